The second-order valence-corrected chi connectivity index (χ2v) is 6.71. The first-order chi connectivity index (χ1) is 8.04. The Morgan fingerprint density at radius 1 is 1.18 bits per heavy atom. The Morgan fingerprint density at radius 3 is 2.41 bits per heavy atom. The first kappa shape index (κ1) is 12.7. The topological polar surface area (TPSA) is 26.0 Å². The van der Waals surface area contributed by atoms with Crippen molar-refractivity contribution in [1.82, 2.24) is 0 Å². The van der Waals surface area contributed by atoms with Gasteiger partial charge in [-0.1, -0.05) is 13.8 Å². The van der Waals surface area contributed by atoms with Crippen LogP contribution in [-0.2, 0) is 0 Å². The molecule has 2 rings (SSSR count). The SMILES string of the molecule is CC1CC(C)CC(Sc2ccc(N)c(F)c2)C1. The molecule has 1 aromatic rings. The summed E-state index contributed by atoms with van der Waals surface area (Å²) in [6.45, 7) is 4.62. The molecule has 2 unspecified atom stereocenters. The van der Waals surface area contributed by atoms with Crippen LogP contribution in [0.3, 0.4) is 0 Å². The zero-order valence-electron chi connectivity index (χ0n) is 10.4. The lowest BCUT2D eigenvalue weighted by Gasteiger charge is -2.31. The van der Waals surface area contributed by atoms with E-state index >= 15 is 0 Å². The molecular weight excluding hydrogens is 233 g/mol. The van der Waals surface area contributed by atoms with Gasteiger partial charge < -0.3 is 5.73 Å². The highest BCUT2D eigenvalue weighted by atomic mass is 32.2. The molecule has 0 amide bonds. The molecule has 0 heterocycles. The normalized spacial score (nSPS) is 29.2. The van der Waals surface area contributed by atoms with Crippen molar-refractivity contribution in [2.45, 2.75) is 43.3 Å². The maximum atomic E-state index is 13.3. The van der Waals surface area contributed by atoms with E-state index in [9.17, 15) is 4.39 Å². The molecule has 17 heavy (non-hydrogen) atoms. The van der Waals surface area contributed by atoms with Crippen LogP contribution in [-0.4, -0.2) is 5.25 Å². The van der Waals surface area contributed by atoms with Gasteiger partial charge in [0.25, 0.3) is 0 Å². The van der Waals surface area contributed by atoms with E-state index in [4.69, 9.17) is 5.73 Å². The molecule has 2 N–H and O–H groups in total. The maximum absolute atomic E-state index is 13.3. The smallest absolute Gasteiger partial charge is 0.147 e. The van der Waals surface area contributed by atoms with Gasteiger partial charge in [0, 0.05) is 10.1 Å². The highest BCUT2D eigenvalue weighted by molar-refractivity contribution is 8.00. The molecule has 94 valence electrons. The number of benzene rings is 1. The van der Waals surface area contributed by atoms with Crippen LogP contribution in [0.4, 0.5) is 10.1 Å². The quantitative estimate of drug-likeness (QED) is 0.794. The zero-order chi connectivity index (χ0) is 12.4. The van der Waals surface area contributed by atoms with Gasteiger partial charge in [-0.05, 0) is 49.3 Å². The van der Waals surface area contributed by atoms with Crippen molar-refractivity contribution in [3.63, 3.8) is 0 Å². The number of nitrogen functional groups attached to an aromatic ring is 1. The second-order valence-electron chi connectivity index (χ2n) is 5.34. The van der Waals surface area contributed by atoms with Gasteiger partial charge in [-0.15, -0.1) is 11.8 Å². The largest absolute Gasteiger partial charge is 0.396 e. The van der Waals surface area contributed by atoms with Crippen LogP contribution in [0.25, 0.3) is 0 Å². The minimum atomic E-state index is -0.299. The van der Waals surface area contributed by atoms with Gasteiger partial charge in [0.1, 0.15) is 5.82 Å². The summed E-state index contributed by atoms with van der Waals surface area (Å²) in [6, 6.07) is 5.14. The third kappa shape index (κ3) is 3.38. The molecule has 0 saturated heterocycles. The number of halogens is 1. The summed E-state index contributed by atoms with van der Waals surface area (Å²) >= 11 is 1.80. The summed E-state index contributed by atoms with van der Waals surface area (Å²) in [4.78, 5) is 1.00. The lowest BCUT2D eigenvalue weighted by Crippen LogP contribution is -2.21. The van der Waals surface area contributed by atoms with Crippen molar-refractivity contribution in [3.05, 3.63) is 24.0 Å². The van der Waals surface area contributed by atoms with E-state index in [1.807, 2.05) is 6.07 Å². The molecule has 1 aliphatic carbocycles. The Balaban J connectivity index is 2.02. The van der Waals surface area contributed by atoms with Crippen molar-refractivity contribution >= 4 is 17.4 Å². The van der Waals surface area contributed by atoms with Crippen molar-refractivity contribution < 1.29 is 4.39 Å². The van der Waals surface area contributed by atoms with Gasteiger partial charge in [0.15, 0.2) is 0 Å². The molecule has 1 saturated carbocycles. The number of anilines is 1. The molecule has 1 aromatic carbocycles. The van der Waals surface area contributed by atoms with E-state index in [0.29, 0.717) is 5.25 Å². The molecular formula is C14H20FNS. The van der Waals surface area contributed by atoms with E-state index in [-0.39, 0.29) is 11.5 Å². The predicted octanol–water partition coefficient (Wildman–Crippen LogP) is 4.32. The summed E-state index contributed by atoms with van der Waals surface area (Å²) in [5, 5.41) is 0.622. The maximum Gasteiger partial charge on any atom is 0.147 e. The molecule has 0 radical (unpaired) electrons. The van der Waals surface area contributed by atoms with Gasteiger partial charge in [-0.2, -0.15) is 0 Å². The second kappa shape index (κ2) is 5.30. The van der Waals surface area contributed by atoms with Gasteiger partial charge >= 0.3 is 0 Å². The lowest BCUT2D eigenvalue weighted by molar-refractivity contribution is 0.309. The Kier molecular flexibility index (Phi) is 3.97. The number of hydrogen-bond acceptors (Lipinski definition) is 2. The summed E-state index contributed by atoms with van der Waals surface area (Å²) < 4.78 is 13.3. The number of nitrogens with two attached hydrogens (primary N) is 1. The molecule has 1 aliphatic rings. The minimum Gasteiger partial charge on any atom is -0.396 e. The van der Waals surface area contributed by atoms with Gasteiger partial charge in [-0.3, -0.25) is 0 Å². The summed E-state index contributed by atoms with van der Waals surface area (Å²) in [6.07, 6.45) is 3.80. The van der Waals surface area contributed by atoms with Crippen molar-refractivity contribution in [1.29, 1.82) is 0 Å². The average Bonchev–Trinajstić information content (AvgIpc) is 2.22. The van der Waals surface area contributed by atoms with E-state index in [2.05, 4.69) is 13.8 Å². The van der Waals surface area contributed by atoms with Crippen molar-refractivity contribution in [3.8, 4) is 0 Å². The fraction of sp³-hybridized carbons (Fsp3) is 0.571. The number of thioether (sulfide) groups is 1. The van der Waals surface area contributed by atoms with E-state index in [0.717, 1.165) is 16.7 Å². The van der Waals surface area contributed by atoms with E-state index < -0.39 is 0 Å². The Hall–Kier alpha value is -0.700. The average molecular weight is 253 g/mol. The van der Waals surface area contributed by atoms with Crippen LogP contribution in [0.1, 0.15) is 33.1 Å². The first-order valence-electron chi connectivity index (χ1n) is 6.26. The zero-order valence-corrected chi connectivity index (χ0v) is 11.3. The third-order valence-electron chi connectivity index (χ3n) is 3.41. The molecule has 1 fully saturated rings. The molecule has 1 nitrogen and oxygen atoms in total. The molecule has 3 heteroatoms. The van der Waals surface area contributed by atoms with E-state index in [1.165, 1.54) is 19.3 Å². The fourth-order valence-electron chi connectivity index (χ4n) is 2.74. The van der Waals surface area contributed by atoms with Crippen molar-refractivity contribution in [2.24, 2.45) is 11.8 Å². The fourth-order valence-corrected chi connectivity index (χ4v) is 4.30. The predicted molar refractivity (Wildman–Crippen MR) is 72.6 cm³/mol. The lowest BCUT2D eigenvalue weighted by atomic mass is 9.83. The van der Waals surface area contributed by atoms with Crippen LogP contribution in [0.15, 0.2) is 23.1 Å². The van der Waals surface area contributed by atoms with Gasteiger partial charge in [-0.25, -0.2) is 4.39 Å². The Morgan fingerprint density at radius 2 is 1.82 bits per heavy atom. The number of rotatable bonds is 2. The number of hydrogen-bond donors (Lipinski definition) is 1. The van der Waals surface area contributed by atoms with Gasteiger partial charge in [0.2, 0.25) is 0 Å². The van der Waals surface area contributed by atoms with Gasteiger partial charge in [0.05, 0.1) is 5.69 Å². The van der Waals surface area contributed by atoms with Crippen LogP contribution in [0.2, 0.25) is 0 Å². The van der Waals surface area contributed by atoms with Crippen LogP contribution in [0, 0.1) is 17.7 Å². The molecule has 0 aliphatic heterocycles. The first-order valence-corrected chi connectivity index (χ1v) is 7.14. The molecule has 2 atom stereocenters. The van der Waals surface area contributed by atoms with Crippen LogP contribution in [0.5, 0.6) is 0 Å². The van der Waals surface area contributed by atoms with E-state index in [1.54, 1.807) is 23.9 Å². The van der Waals surface area contributed by atoms with Crippen LogP contribution >= 0.6 is 11.8 Å². The monoisotopic (exact) mass is 253 g/mol. The summed E-state index contributed by atoms with van der Waals surface area (Å²) in [5.41, 5.74) is 5.72. The summed E-state index contributed by atoms with van der Waals surface area (Å²) in [5.74, 6) is 1.27. The van der Waals surface area contributed by atoms with Crippen LogP contribution < -0.4 is 5.73 Å². The standard InChI is InChI=1S/C14H20FNS/c1-9-5-10(2)7-12(6-9)17-11-3-4-14(16)13(15)8-11/h3-4,8-10,12H,5-7,16H2,1-2H3. The highest BCUT2D eigenvalue weighted by Crippen LogP contribution is 2.39. The Bertz CT molecular complexity index is 384. The molecule has 0 bridgehead atoms. The summed E-state index contributed by atoms with van der Waals surface area (Å²) in [7, 11) is 0. The third-order valence-corrected chi connectivity index (χ3v) is 4.65. The molecule has 0 spiro atoms. The minimum absolute atomic E-state index is 0.236. The Labute approximate surface area is 107 Å². The van der Waals surface area contributed by atoms with Crippen molar-refractivity contribution in [2.75, 3.05) is 5.73 Å². The molecule has 0 aromatic heterocycles. The highest BCUT2D eigenvalue weighted by Gasteiger charge is 2.24.